The van der Waals surface area contributed by atoms with Gasteiger partial charge in [-0.25, -0.2) is 4.98 Å². The van der Waals surface area contributed by atoms with Crippen molar-refractivity contribution in [1.29, 1.82) is 0 Å². The summed E-state index contributed by atoms with van der Waals surface area (Å²) in [5.41, 5.74) is 9.36. The standard InChI is InChI=1S/C14H17N3S/c1-10-6-13(15)14(16-7-10)17(12-2-3-12)8-11-4-5-18-9-11/h4-7,9,12H,2-3,8,15H2,1H3. The van der Waals surface area contributed by atoms with Crippen molar-refractivity contribution in [1.82, 2.24) is 4.98 Å². The van der Waals surface area contributed by atoms with E-state index in [2.05, 4.69) is 26.7 Å². The van der Waals surface area contributed by atoms with Crippen molar-refractivity contribution in [3.63, 3.8) is 0 Å². The molecule has 18 heavy (non-hydrogen) atoms. The van der Waals surface area contributed by atoms with Crippen LogP contribution in [0.4, 0.5) is 11.5 Å². The van der Waals surface area contributed by atoms with Gasteiger partial charge in [-0.15, -0.1) is 0 Å². The Balaban J connectivity index is 1.89. The van der Waals surface area contributed by atoms with Crippen LogP contribution in [0.15, 0.2) is 29.1 Å². The summed E-state index contributed by atoms with van der Waals surface area (Å²) in [5, 5.41) is 4.31. The van der Waals surface area contributed by atoms with E-state index in [1.54, 1.807) is 11.3 Å². The van der Waals surface area contributed by atoms with E-state index in [1.165, 1.54) is 18.4 Å². The molecule has 3 nitrogen and oxygen atoms in total. The highest BCUT2D eigenvalue weighted by Gasteiger charge is 2.31. The van der Waals surface area contributed by atoms with Gasteiger partial charge in [0.05, 0.1) is 5.69 Å². The Labute approximate surface area is 111 Å². The molecule has 4 heteroatoms. The zero-order valence-corrected chi connectivity index (χ0v) is 11.3. The summed E-state index contributed by atoms with van der Waals surface area (Å²) in [6.07, 6.45) is 4.40. The van der Waals surface area contributed by atoms with E-state index in [0.717, 1.165) is 23.6 Å². The number of thiophene rings is 1. The van der Waals surface area contributed by atoms with Gasteiger partial charge in [-0.2, -0.15) is 11.3 Å². The number of hydrogen-bond donors (Lipinski definition) is 1. The fourth-order valence-corrected chi connectivity index (χ4v) is 2.83. The third-order valence-electron chi connectivity index (χ3n) is 3.22. The first-order chi connectivity index (χ1) is 8.74. The first-order valence-electron chi connectivity index (χ1n) is 6.24. The summed E-state index contributed by atoms with van der Waals surface area (Å²) in [6, 6.07) is 4.79. The maximum absolute atomic E-state index is 6.12. The first-order valence-corrected chi connectivity index (χ1v) is 7.18. The number of aryl methyl sites for hydroxylation is 1. The van der Waals surface area contributed by atoms with E-state index in [4.69, 9.17) is 5.73 Å². The van der Waals surface area contributed by atoms with Crippen LogP contribution in [0.3, 0.4) is 0 Å². The van der Waals surface area contributed by atoms with E-state index in [-0.39, 0.29) is 0 Å². The summed E-state index contributed by atoms with van der Waals surface area (Å²) in [7, 11) is 0. The molecule has 2 aromatic rings. The average molecular weight is 259 g/mol. The molecule has 2 N–H and O–H groups in total. The molecule has 1 aliphatic carbocycles. The minimum Gasteiger partial charge on any atom is -0.396 e. The molecule has 1 saturated carbocycles. The van der Waals surface area contributed by atoms with Crippen LogP contribution in [0.1, 0.15) is 24.0 Å². The van der Waals surface area contributed by atoms with E-state index in [0.29, 0.717) is 6.04 Å². The quantitative estimate of drug-likeness (QED) is 0.916. The molecule has 0 aliphatic heterocycles. The van der Waals surface area contributed by atoms with Crippen LogP contribution in [0.5, 0.6) is 0 Å². The second-order valence-electron chi connectivity index (χ2n) is 4.92. The van der Waals surface area contributed by atoms with Crippen LogP contribution in [0.25, 0.3) is 0 Å². The van der Waals surface area contributed by atoms with Gasteiger partial charge in [0, 0.05) is 18.8 Å². The SMILES string of the molecule is Cc1cnc(N(Cc2ccsc2)C2CC2)c(N)c1. The van der Waals surface area contributed by atoms with Crippen molar-refractivity contribution < 1.29 is 0 Å². The molecule has 3 rings (SSSR count). The molecule has 0 unspecified atom stereocenters. The maximum Gasteiger partial charge on any atom is 0.152 e. The highest BCUT2D eigenvalue weighted by molar-refractivity contribution is 7.07. The van der Waals surface area contributed by atoms with Crippen molar-refractivity contribution in [2.45, 2.75) is 32.4 Å². The van der Waals surface area contributed by atoms with Crippen molar-refractivity contribution in [3.8, 4) is 0 Å². The third kappa shape index (κ3) is 2.34. The van der Waals surface area contributed by atoms with E-state index in [1.807, 2.05) is 19.2 Å². The molecule has 1 aliphatic rings. The number of nitrogens with two attached hydrogens (primary N) is 1. The molecule has 0 saturated heterocycles. The van der Waals surface area contributed by atoms with Crippen molar-refractivity contribution in [2.75, 3.05) is 10.6 Å². The maximum atomic E-state index is 6.12. The Bertz CT molecular complexity index is 532. The molecular formula is C14H17N3S. The van der Waals surface area contributed by atoms with Crippen molar-refractivity contribution in [3.05, 3.63) is 40.2 Å². The van der Waals surface area contributed by atoms with Gasteiger partial charge < -0.3 is 10.6 Å². The van der Waals surface area contributed by atoms with Crippen molar-refractivity contribution >= 4 is 22.8 Å². The van der Waals surface area contributed by atoms with Crippen LogP contribution >= 0.6 is 11.3 Å². The highest BCUT2D eigenvalue weighted by Crippen LogP contribution is 2.35. The fraction of sp³-hybridized carbons (Fsp3) is 0.357. The molecule has 1 fully saturated rings. The molecule has 0 spiro atoms. The molecule has 0 amide bonds. The van der Waals surface area contributed by atoms with Gasteiger partial charge in [0.1, 0.15) is 0 Å². The van der Waals surface area contributed by atoms with Crippen LogP contribution in [-0.2, 0) is 6.54 Å². The first kappa shape index (κ1) is 11.5. The van der Waals surface area contributed by atoms with Gasteiger partial charge in [0.25, 0.3) is 0 Å². The summed E-state index contributed by atoms with van der Waals surface area (Å²) in [4.78, 5) is 6.87. The number of anilines is 2. The lowest BCUT2D eigenvalue weighted by Gasteiger charge is -2.24. The molecule has 2 heterocycles. The summed E-state index contributed by atoms with van der Waals surface area (Å²) >= 11 is 1.74. The lowest BCUT2D eigenvalue weighted by Crippen LogP contribution is -2.26. The summed E-state index contributed by atoms with van der Waals surface area (Å²) in [6.45, 7) is 2.93. The zero-order valence-electron chi connectivity index (χ0n) is 10.5. The predicted molar refractivity (Wildman–Crippen MR) is 76.9 cm³/mol. The van der Waals surface area contributed by atoms with Gasteiger partial charge in [0.15, 0.2) is 5.82 Å². The number of rotatable bonds is 4. The monoisotopic (exact) mass is 259 g/mol. The van der Waals surface area contributed by atoms with Gasteiger partial charge in [0.2, 0.25) is 0 Å². The summed E-state index contributed by atoms with van der Waals surface area (Å²) in [5.74, 6) is 0.939. The molecular weight excluding hydrogens is 242 g/mol. The average Bonchev–Trinajstić information content (AvgIpc) is 3.05. The third-order valence-corrected chi connectivity index (χ3v) is 3.96. The number of nitrogen functional groups attached to an aromatic ring is 1. The van der Waals surface area contributed by atoms with Crippen LogP contribution in [0, 0.1) is 6.92 Å². The molecule has 0 bridgehead atoms. The Hall–Kier alpha value is -1.55. The Kier molecular flexibility index (Phi) is 2.96. The van der Waals surface area contributed by atoms with Crippen LogP contribution in [-0.4, -0.2) is 11.0 Å². The fourth-order valence-electron chi connectivity index (χ4n) is 2.17. The number of nitrogens with zero attached hydrogens (tertiary/aromatic N) is 2. The molecule has 94 valence electrons. The molecule has 0 aromatic carbocycles. The van der Waals surface area contributed by atoms with E-state index < -0.39 is 0 Å². The van der Waals surface area contributed by atoms with E-state index >= 15 is 0 Å². The topological polar surface area (TPSA) is 42.2 Å². The van der Waals surface area contributed by atoms with E-state index in [9.17, 15) is 0 Å². The highest BCUT2D eigenvalue weighted by atomic mass is 32.1. The number of aromatic nitrogens is 1. The van der Waals surface area contributed by atoms with Gasteiger partial charge in [-0.05, 0) is 53.8 Å². The van der Waals surface area contributed by atoms with Gasteiger partial charge >= 0.3 is 0 Å². The number of hydrogen-bond acceptors (Lipinski definition) is 4. The Morgan fingerprint density at radius 2 is 2.33 bits per heavy atom. The zero-order chi connectivity index (χ0) is 12.5. The minimum absolute atomic E-state index is 0.613. The Morgan fingerprint density at radius 1 is 1.50 bits per heavy atom. The number of pyridine rings is 1. The van der Waals surface area contributed by atoms with Gasteiger partial charge in [-0.1, -0.05) is 0 Å². The van der Waals surface area contributed by atoms with Gasteiger partial charge in [-0.3, -0.25) is 0 Å². The largest absolute Gasteiger partial charge is 0.396 e. The smallest absolute Gasteiger partial charge is 0.152 e. The lowest BCUT2D eigenvalue weighted by atomic mass is 10.2. The minimum atomic E-state index is 0.613. The Morgan fingerprint density at radius 3 is 2.94 bits per heavy atom. The molecule has 2 aromatic heterocycles. The predicted octanol–water partition coefficient (Wildman–Crippen LogP) is 3.20. The van der Waals surface area contributed by atoms with Crippen LogP contribution < -0.4 is 10.6 Å². The molecule has 0 radical (unpaired) electrons. The second kappa shape index (κ2) is 4.61. The molecule has 0 atom stereocenters. The normalized spacial score (nSPS) is 14.7. The summed E-state index contributed by atoms with van der Waals surface area (Å²) < 4.78 is 0. The lowest BCUT2D eigenvalue weighted by molar-refractivity contribution is 0.781. The second-order valence-corrected chi connectivity index (χ2v) is 5.70. The van der Waals surface area contributed by atoms with Crippen LogP contribution in [0.2, 0.25) is 0 Å². The van der Waals surface area contributed by atoms with Crippen molar-refractivity contribution in [2.24, 2.45) is 0 Å².